The van der Waals surface area contributed by atoms with Gasteiger partial charge in [-0.15, -0.1) is 0 Å². The summed E-state index contributed by atoms with van der Waals surface area (Å²) in [7, 11) is 0. The third-order valence-corrected chi connectivity index (χ3v) is 18.1. The van der Waals surface area contributed by atoms with Crippen LogP contribution in [-0.2, 0) is 18.5 Å². The summed E-state index contributed by atoms with van der Waals surface area (Å²) in [5.74, 6) is 0. The Balaban J connectivity index is 1.47. The molecule has 0 bridgehead atoms. The van der Waals surface area contributed by atoms with Gasteiger partial charge in [-0.3, -0.25) is 0 Å². The molecule has 0 aliphatic carbocycles. The number of halogens is 9. The highest BCUT2D eigenvalue weighted by molar-refractivity contribution is 7.94. The van der Waals surface area contributed by atoms with Gasteiger partial charge in [0.15, 0.2) is 0 Å². The van der Waals surface area contributed by atoms with Crippen LogP contribution in [0.15, 0.2) is 158 Å². The predicted molar refractivity (Wildman–Crippen MR) is 230 cm³/mol. The summed E-state index contributed by atoms with van der Waals surface area (Å²) in [5, 5.41) is 8.38. The third-order valence-electron chi connectivity index (χ3n) is 11.0. The molecule has 0 aliphatic heterocycles. The molecule has 298 valence electrons. The second kappa shape index (κ2) is 14.4. The van der Waals surface area contributed by atoms with Gasteiger partial charge in [-0.25, -0.2) is 0 Å². The molecule has 8 rings (SSSR count). The zero-order valence-electron chi connectivity index (χ0n) is 31.2. The maximum absolute atomic E-state index is 13.8. The Morgan fingerprint density at radius 2 is 0.593 bits per heavy atom. The van der Waals surface area contributed by atoms with Gasteiger partial charge in [0.25, 0.3) is 0 Å². The van der Waals surface area contributed by atoms with E-state index in [0.29, 0.717) is 26.6 Å². The molecule has 0 saturated carbocycles. The summed E-state index contributed by atoms with van der Waals surface area (Å²) in [6.45, 7) is -4.23. The first kappa shape index (κ1) is 40.3. The van der Waals surface area contributed by atoms with E-state index in [1.54, 1.807) is 0 Å². The lowest BCUT2D eigenvalue weighted by Crippen LogP contribution is -2.28. The highest BCUT2D eigenvalue weighted by Gasteiger charge is 2.35. The summed E-state index contributed by atoms with van der Waals surface area (Å²) < 4.78 is 124. The minimum atomic E-state index is -4.62. The second-order valence-corrected chi connectivity index (χ2v) is 20.8. The smallest absolute Gasteiger partial charge is 0.166 e. The molecular weight excluding hydrogens is 809 g/mol. The van der Waals surface area contributed by atoms with Crippen LogP contribution in [0.3, 0.4) is 0 Å². The van der Waals surface area contributed by atoms with Gasteiger partial charge in [0.05, 0.1) is 16.7 Å². The molecule has 0 nitrogen and oxygen atoms in total. The summed E-state index contributed by atoms with van der Waals surface area (Å²) in [6.07, 6.45) is -4.15. The van der Waals surface area contributed by atoms with Crippen molar-refractivity contribution < 1.29 is 39.5 Å². The molecule has 0 N–H and O–H groups in total. The lowest BCUT2D eigenvalue weighted by Gasteiger charge is -2.31. The first-order valence-corrected chi connectivity index (χ1v) is 22.2. The summed E-state index contributed by atoms with van der Waals surface area (Å²) >= 11 is 0. The Morgan fingerprint density at radius 1 is 0.339 bits per heavy atom. The van der Waals surface area contributed by atoms with Crippen LogP contribution in [0.1, 0.15) is 22.3 Å². The van der Waals surface area contributed by atoms with Gasteiger partial charge in [-0.1, -0.05) is 127 Å². The number of rotatable bonds is 6. The zero-order chi connectivity index (χ0) is 42.1. The van der Waals surface area contributed by atoms with Crippen molar-refractivity contribution in [3.8, 4) is 0 Å². The van der Waals surface area contributed by atoms with Gasteiger partial charge >= 0.3 is 18.5 Å². The number of alkyl halides is 9. The van der Waals surface area contributed by atoms with E-state index in [1.807, 2.05) is 91.9 Å². The summed E-state index contributed by atoms with van der Waals surface area (Å²) in [5.41, 5.74) is -1.53. The SMILES string of the molecule is C=P(c1ccc(C)cc1)(c1ccc(C(F)(F)F)cc1)c1cc2c3ccccc3c(P(=C)(c3ccc(C(F)(F)F)cc3)c3ccc(C(F)(F)F)cc3)cc2c2ccccc12. The van der Waals surface area contributed by atoms with E-state index in [1.165, 1.54) is 36.4 Å². The van der Waals surface area contributed by atoms with E-state index in [0.717, 1.165) is 79.5 Å². The molecule has 0 heterocycles. The van der Waals surface area contributed by atoms with E-state index >= 15 is 0 Å². The van der Waals surface area contributed by atoms with Crippen molar-refractivity contribution in [3.63, 3.8) is 0 Å². The largest absolute Gasteiger partial charge is 0.416 e. The van der Waals surface area contributed by atoms with E-state index in [2.05, 4.69) is 0 Å². The molecule has 0 spiro atoms. The summed E-state index contributed by atoms with van der Waals surface area (Å²) in [4.78, 5) is 0. The lowest BCUT2D eigenvalue weighted by atomic mass is 9.97. The van der Waals surface area contributed by atoms with Crippen molar-refractivity contribution in [2.24, 2.45) is 0 Å². The molecule has 1 unspecified atom stereocenters. The molecule has 0 aliphatic rings. The molecular formula is C48H33F9P2. The molecule has 11 heteroatoms. The van der Waals surface area contributed by atoms with Gasteiger partial charge < -0.3 is 0 Å². The van der Waals surface area contributed by atoms with Crippen LogP contribution in [-0.4, -0.2) is 12.6 Å². The predicted octanol–water partition coefficient (Wildman–Crippen LogP) is 12.0. The normalized spacial score (nSPS) is 13.9. The van der Waals surface area contributed by atoms with Crippen LogP contribution >= 0.6 is 13.8 Å². The molecule has 0 fully saturated rings. The quantitative estimate of drug-likeness (QED) is 0.0889. The lowest BCUT2D eigenvalue weighted by molar-refractivity contribution is -0.138. The van der Waals surface area contributed by atoms with Gasteiger partial charge in [0.2, 0.25) is 0 Å². The van der Waals surface area contributed by atoms with Crippen molar-refractivity contribution in [2.75, 3.05) is 0 Å². The fourth-order valence-electron chi connectivity index (χ4n) is 7.91. The van der Waals surface area contributed by atoms with Gasteiger partial charge in [-0.05, 0) is 133 Å². The minimum absolute atomic E-state index is 0.431. The number of fused-ring (bicyclic) bond motifs is 5. The van der Waals surface area contributed by atoms with Crippen molar-refractivity contribution >= 4 is 90.5 Å². The number of benzene rings is 8. The van der Waals surface area contributed by atoms with E-state index in [4.69, 9.17) is 12.6 Å². The monoisotopic (exact) mass is 842 g/mol. The highest BCUT2D eigenvalue weighted by atomic mass is 31.2. The highest BCUT2D eigenvalue weighted by Crippen LogP contribution is 2.50. The van der Waals surface area contributed by atoms with Crippen molar-refractivity contribution in [3.05, 3.63) is 180 Å². The molecule has 0 amide bonds. The van der Waals surface area contributed by atoms with E-state index < -0.39 is 49.0 Å². The minimum Gasteiger partial charge on any atom is -0.166 e. The van der Waals surface area contributed by atoms with Crippen molar-refractivity contribution in [1.82, 2.24) is 0 Å². The molecule has 59 heavy (non-hydrogen) atoms. The van der Waals surface area contributed by atoms with Crippen LogP contribution in [0.2, 0.25) is 0 Å². The molecule has 0 aromatic heterocycles. The van der Waals surface area contributed by atoms with Crippen molar-refractivity contribution in [2.45, 2.75) is 25.5 Å². The Morgan fingerprint density at radius 3 is 0.864 bits per heavy atom. The molecule has 0 radical (unpaired) electrons. The van der Waals surface area contributed by atoms with E-state index in [-0.39, 0.29) is 0 Å². The van der Waals surface area contributed by atoms with Crippen LogP contribution < -0.4 is 31.8 Å². The van der Waals surface area contributed by atoms with Gasteiger partial charge in [-0.2, -0.15) is 39.5 Å². The Hall–Kier alpha value is -5.49. The number of aryl methyl sites for hydroxylation is 1. The fraction of sp³-hybridized carbons (Fsp3) is 0.0833. The molecule has 8 aromatic rings. The second-order valence-electron chi connectivity index (χ2n) is 14.6. The first-order chi connectivity index (χ1) is 27.8. The number of hydrogen-bond acceptors (Lipinski definition) is 0. The maximum Gasteiger partial charge on any atom is 0.416 e. The van der Waals surface area contributed by atoms with Gasteiger partial charge in [0, 0.05) is 0 Å². The molecule has 0 saturated heterocycles. The zero-order valence-corrected chi connectivity index (χ0v) is 33.0. The van der Waals surface area contributed by atoms with Crippen LogP contribution in [0, 0.1) is 6.92 Å². The molecule has 1 atom stereocenters. The summed E-state index contributed by atoms with van der Waals surface area (Å²) in [6, 6.07) is 41.3. The Kier molecular flexibility index (Phi) is 9.81. The van der Waals surface area contributed by atoms with Crippen LogP contribution in [0.5, 0.6) is 0 Å². The van der Waals surface area contributed by atoms with Crippen LogP contribution in [0.25, 0.3) is 32.3 Å². The fourth-order valence-corrected chi connectivity index (χ4v) is 14.2. The number of hydrogen-bond donors (Lipinski definition) is 0. The standard InChI is InChI=1S/C48H33F9P2/c1-30-12-20-34(21-13-30)58(2,35-22-14-31(15-23-35)46(49,50)51)44-28-42-39-9-5-7-11-41(39)45(29-43(42)38-8-4-6-10-40(38)44)59(3,36-24-16-32(17-25-36)47(52,53)54)37-26-18-33(19-27-37)48(55,56)57/h4-29H,2-3H2,1H3. The van der Waals surface area contributed by atoms with Gasteiger partial charge in [0.1, 0.15) is 0 Å². The average molecular weight is 843 g/mol. The Labute approximate surface area is 334 Å². The molecule has 8 aromatic carbocycles. The Bertz CT molecular complexity index is 2920. The van der Waals surface area contributed by atoms with Crippen molar-refractivity contribution in [1.29, 1.82) is 0 Å². The average Bonchev–Trinajstić information content (AvgIpc) is 3.22. The van der Waals surface area contributed by atoms with E-state index in [9.17, 15) is 39.5 Å². The van der Waals surface area contributed by atoms with Crippen LogP contribution in [0.4, 0.5) is 39.5 Å². The first-order valence-electron chi connectivity index (χ1n) is 18.3. The topological polar surface area (TPSA) is 0 Å². The third kappa shape index (κ3) is 6.98. The maximum atomic E-state index is 13.8.